The zero-order valence-corrected chi connectivity index (χ0v) is 15.4. The fourth-order valence-corrected chi connectivity index (χ4v) is 3.32. The minimum absolute atomic E-state index is 0.0720. The van der Waals surface area contributed by atoms with Crippen LogP contribution in [0.25, 0.3) is 0 Å². The number of anilines is 1. The average Bonchev–Trinajstić information content (AvgIpc) is 2.48. The molecule has 0 radical (unpaired) electrons. The number of ether oxygens (including phenoxy) is 1. The van der Waals surface area contributed by atoms with Crippen LogP contribution in [0.4, 0.5) is 11.4 Å². The molecule has 0 atom stereocenters. The lowest BCUT2D eigenvalue weighted by Crippen LogP contribution is -2.21. The van der Waals surface area contributed by atoms with Crippen molar-refractivity contribution >= 4 is 56.4 Å². The lowest BCUT2D eigenvalue weighted by atomic mass is 10.1. The van der Waals surface area contributed by atoms with Crippen LogP contribution >= 0.6 is 39.1 Å². The first-order chi connectivity index (χ1) is 11.3. The van der Waals surface area contributed by atoms with Crippen LogP contribution in [0.2, 0.25) is 10.0 Å². The van der Waals surface area contributed by atoms with Crippen molar-refractivity contribution in [2.24, 2.45) is 0 Å². The van der Waals surface area contributed by atoms with Gasteiger partial charge in [0.25, 0.3) is 11.6 Å². The second-order valence-corrected chi connectivity index (χ2v) is 6.44. The molecule has 0 saturated carbocycles. The van der Waals surface area contributed by atoms with E-state index in [1.54, 1.807) is 19.1 Å². The minimum Gasteiger partial charge on any atom is -0.481 e. The quantitative estimate of drug-likeness (QED) is 0.531. The maximum atomic E-state index is 12.0. The minimum atomic E-state index is -0.508. The summed E-state index contributed by atoms with van der Waals surface area (Å²) in [5.41, 5.74) is 0.637. The van der Waals surface area contributed by atoms with Gasteiger partial charge in [0.2, 0.25) is 0 Å². The number of nitro groups is 1. The normalized spacial score (nSPS) is 10.3. The van der Waals surface area contributed by atoms with Crippen molar-refractivity contribution in [1.29, 1.82) is 0 Å². The molecule has 0 aliphatic rings. The highest BCUT2D eigenvalue weighted by Gasteiger charge is 2.16. The van der Waals surface area contributed by atoms with E-state index in [-0.39, 0.29) is 23.1 Å². The Kier molecular flexibility index (Phi) is 6.04. The maximum absolute atomic E-state index is 12.0. The molecule has 1 N–H and O–H groups in total. The third kappa shape index (κ3) is 4.37. The van der Waals surface area contributed by atoms with Crippen LogP contribution in [0.1, 0.15) is 5.56 Å². The zero-order valence-electron chi connectivity index (χ0n) is 12.3. The Morgan fingerprint density at radius 1 is 1.38 bits per heavy atom. The van der Waals surface area contributed by atoms with E-state index < -0.39 is 10.8 Å². The van der Waals surface area contributed by atoms with E-state index in [1.807, 2.05) is 0 Å². The van der Waals surface area contributed by atoms with Gasteiger partial charge in [-0.05, 0) is 41.1 Å². The molecule has 9 heteroatoms. The van der Waals surface area contributed by atoms with Crippen molar-refractivity contribution in [2.45, 2.75) is 6.92 Å². The molecule has 2 aromatic rings. The van der Waals surface area contributed by atoms with E-state index in [9.17, 15) is 14.9 Å². The van der Waals surface area contributed by atoms with Gasteiger partial charge in [-0.1, -0.05) is 29.3 Å². The summed E-state index contributed by atoms with van der Waals surface area (Å²) in [4.78, 5) is 22.4. The fraction of sp³-hybridized carbons (Fsp3) is 0.133. The Hall–Kier alpha value is -1.83. The van der Waals surface area contributed by atoms with Gasteiger partial charge in [-0.2, -0.15) is 0 Å². The Labute approximate surface area is 156 Å². The van der Waals surface area contributed by atoms with Gasteiger partial charge in [0.1, 0.15) is 0 Å². The summed E-state index contributed by atoms with van der Waals surface area (Å²) in [6, 6.07) is 7.52. The van der Waals surface area contributed by atoms with Gasteiger partial charge in [-0.3, -0.25) is 14.9 Å². The van der Waals surface area contributed by atoms with Crippen molar-refractivity contribution < 1.29 is 14.5 Å². The van der Waals surface area contributed by atoms with Crippen LogP contribution < -0.4 is 10.1 Å². The van der Waals surface area contributed by atoms with Crippen molar-refractivity contribution in [3.05, 3.63) is 60.5 Å². The van der Waals surface area contributed by atoms with E-state index in [4.69, 9.17) is 27.9 Å². The Morgan fingerprint density at radius 3 is 2.71 bits per heavy atom. The molecule has 0 unspecified atom stereocenters. The average molecular weight is 434 g/mol. The van der Waals surface area contributed by atoms with Gasteiger partial charge in [0.15, 0.2) is 12.4 Å². The van der Waals surface area contributed by atoms with E-state index in [0.717, 1.165) is 0 Å². The third-order valence-electron chi connectivity index (χ3n) is 3.09. The van der Waals surface area contributed by atoms with Gasteiger partial charge in [0.05, 0.1) is 25.7 Å². The smallest absolute Gasteiger partial charge is 0.274 e. The van der Waals surface area contributed by atoms with Crippen molar-refractivity contribution in [2.75, 3.05) is 11.9 Å². The van der Waals surface area contributed by atoms with Crippen LogP contribution in [0.5, 0.6) is 5.75 Å². The first-order valence-electron chi connectivity index (χ1n) is 6.60. The monoisotopic (exact) mass is 432 g/mol. The first-order valence-corrected chi connectivity index (χ1v) is 8.15. The highest BCUT2D eigenvalue weighted by atomic mass is 79.9. The summed E-state index contributed by atoms with van der Waals surface area (Å²) in [6.45, 7) is 1.24. The molecular weight excluding hydrogens is 423 g/mol. The van der Waals surface area contributed by atoms with E-state index in [0.29, 0.717) is 20.7 Å². The predicted molar refractivity (Wildman–Crippen MR) is 96.1 cm³/mol. The molecule has 0 heterocycles. The molecule has 0 bridgehead atoms. The van der Waals surface area contributed by atoms with E-state index in [1.165, 1.54) is 18.2 Å². The number of amides is 1. The molecule has 1 amide bonds. The standard InChI is InChI=1S/C15H11BrCl2N2O4/c1-8-12(3-2-4-13(8)20(22)23)19-14(21)7-24-15-10(16)5-9(17)6-11(15)18/h2-6H,7H2,1H3,(H,19,21). The molecule has 2 rings (SSSR count). The highest BCUT2D eigenvalue weighted by molar-refractivity contribution is 9.10. The van der Waals surface area contributed by atoms with E-state index in [2.05, 4.69) is 21.2 Å². The fourth-order valence-electron chi connectivity index (χ4n) is 1.95. The third-order valence-corrected chi connectivity index (χ3v) is 4.17. The molecule has 0 aromatic heterocycles. The van der Waals surface area contributed by atoms with Crippen LogP contribution in [0.15, 0.2) is 34.8 Å². The molecule has 6 nitrogen and oxygen atoms in total. The Bertz CT molecular complexity index is 791. The molecule has 2 aromatic carbocycles. The second-order valence-electron chi connectivity index (χ2n) is 4.74. The second kappa shape index (κ2) is 7.83. The molecular formula is C15H11BrCl2N2O4. The van der Waals surface area contributed by atoms with Crippen molar-refractivity contribution in [3.8, 4) is 5.75 Å². The van der Waals surface area contributed by atoms with Crippen LogP contribution in [-0.4, -0.2) is 17.4 Å². The Morgan fingerprint density at radius 2 is 2.08 bits per heavy atom. The molecule has 0 saturated heterocycles. The lowest BCUT2D eigenvalue weighted by molar-refractivity contribution is -0.385. The number of hydrogen-bond acceptors (Lipinski definition) is 4. The first kappa shape index (κ1) is 18.5. The van der Waals surface area contributed by atoms with E-state index >= 15 is 0 Å². The highest BCUT2D eigenvalue weighted by Crippen LogP contribution is 2.36. The van der Waals surface area contributed by atoms with Gasteiger partial charge in [0, 0.05) is 11.1 Å². The van der Waals surface area contributed by atoms with Crippen molar-refractivity contribution in [3.63, 3.8) is 0 Å². The summed E-state index contributed by atoms with van der Waals surface area (Å²) in [7, 11) is 0. The number of hydrogen-bond donors (Lipinski definition) is 1. The molecule has 0 spiro atoms. The molecule has 24 heavy (non-hydrogen) atoms. The summed E-state index contributed by atoms with van der Waals surface area (Å²) in [6.07, 6.45) is 0. The SMILES string of the molecule is Cc1c(NC(=O)COc2c(Cl)cc(Cl)cc2Br)cccc1[N+](=O)[O-]. The molecule has 0 fully saturated rings. The molecule has 0 aliphatic heterocycles. The summed E-state index contributed by atoms with van der Waals surface area (Å²) in [5, 5.41) is 14.2. The zero-order chi connectivity index (χ0) is 17.9. The van der Waals surface area contributed by atoms with Crippen LogP contribution in [-0.2, 0) is 4.79 Å². The molecule has 0 aliphatic carbocycles. The van der Waals surface area contributed by atoms with Gasteiger partial charge >= 0.3 is 0 Å². The maximum Gasteiger partial charge on any atom is 0.274 e. The van der Waals surface area contributed by atoms with Gasteiger partial charge in [-0.15, -0.1) is 0 Å². The number of nitro benzene ring substituents is 1. The van der Waals surface area contributed by atoms with Crippen molar-refractivity contribution in [1.82, 2.24) is 0 Å². The lowest BCUT2D eigenvalue weighted by Gasteiger charge is -2.12. The summed E-state index contributed by atoms with van der Waals surface area (Å²) >= 11 is 15.1. The summed E-state index contributed by atoms with van der Waals surface area (Å²) < 4.78 is 5.90. The number of carbonyl (C=O) groups is 1. The number of nitrogens with zero attached hydrogens (tertiary/aromatic N) is 1. The number of carbonyl (C=O) groups excluding carboxylic acids is 1. The van der Waals surface area contributed by atoms with Gasteiger partial charge in [-0.25, -0.2) is 0 Å². The topological polar surface area (TPSA) is 81.5 Å². The summed E-state index contributed by atoms with van der Waals surface area (Å²) in [5.74, 6) is -0.191. The van der Waals surface area contributed by atoms with Crippen LogP contribution in [0.3, 0.4) is 0 Å². The number of halogens is 3. The number of rotatable bonds is 5. The predicted octanol–water partition coefficient (Wildman–Crippen LogP) is 4.99. The Balaban J connectivity index is 2.08. The molecule has 126 valence electrons. The van der Waals surface area contributed by atoms with Gasteiger partial charge < -0.3 is 10.1 Å². The number of benzene rings is 2. The largest absolute Gasteiger partial charge is 0.481 e. The van der Waals surface area contributed by atoms with Crippen LogP contribution in [0, 0.1) is 17.0 Å². The number of nitrogens with one attached hydrogen (secondary N) is 1.